The minimum atomic E-state index is -0.229. The van der Waals surface area contributed by atoms with Gasteiger partial charge in [-0.2, -0.15) is 0 Å². The van der Waals surface area contributed by atoms with Crippen molar-refractivity contribution in [2.75, 3.05) is 0 Å². The van der Waals surface area contributed by atoms with Crippen LogP contribution in [0.5, 0.6) is 0 Å². The summed E-state index contributed by atoms with van der Waals surface area (Å²) < 4.78 is 4.93. The van der Waals surface area contributed by atoms with Gasteiger partial charge in [0.25, 0.3) is 0 Å². The van der Waals surface area contributed by atoms with Gasteiger partial charge in [-0.1, -0.05) is 172 Å². The highest BCUT2D eigenvalue weighted by Gasteiger charge is 2.38. The van der Waals surface area contributed by atoms with Gasteiger partial charge in [-0.15, -0.1) is 0 Å². The van der Waals surface area contributed by atoms with Crippen LogP contribution >= 0.6 is 0 Å². The van der Waals surface area contributed by atoms with Crippen molar-refractivity contribution >= 4 is 65.2 Å². The first kappa shape index (κ1) is 37.7. The Hall–Kier alpha value is -8.67. The van der Waals surface area contributed by atoms with Crippen LogP contribution < -0.4 is 0 Å². The SMILES string of the molecule is CC1(C)c2cc3c(cc2-c2ccc4ccccc4c21)c1cc(-n2c4ccccc4c4ccccc42)ccc1n3-c1ccc(-c2nc(-c3ccccc3)nc(-c3ccccc3)n2)c2ccccc12. The van der Waals surface area contributed by atoms with E-state index in [2.05, 4.69) is 199 Å². The van der Waals surface area contributed by atoms with E-state index in [9.17, 15) is 0 Å². The van der Waals surface area contributed by atoms with Crippen molar-refractivity contribution in [1.29, 1.82) is 0 Å². The number of hydrogen-bond donors (Lipinski definition) is 0. The van der Waals surface area contributed by atoms with E-state index in [0.717, 1.165) is 44.4 Å². The van der Waals surface area contributed by atoms with E-state index < -0.39 is 0 Å². The Balaban J connectivity index is 1.04. The fourth-order valence-electron chi connectivity index (χ4n) is 11.3. The van der Waals surface area contributed by atoms with Crippen molar-refractivity contribution in [3.05, 3.63) is 223 Å². The topological polar surface area (TPSA) is 48.5 Å². The molecule has 3 heterocycles. The van der Waals surface area contributed by atoms with Gasteiger partial charge in [0.05, 0.1) is 27.8 Å². The number of benzene rings is 10. The Bertz CT molecular complexity index is 4070. The summed E-state index contributed by atoms with van der Waals surface area (Å²) in [6, 6.07) is 76.6. The molecule has 1 aliphatic carbocycles. The summed E-state index contributed by atoms with van der Waals surface area (Å²) in [4.78, 5) is 15.4. The lowest BCUT2D eigenvalue weighted by molar-refractivity contribution is 0.667. The van der Waals surface area contributed by atoms with Crippen LogP contribution in [0.1, 0.15) is 25.0 Å². The molecule has 0 saturated heterocycles. The molecule has 0 N–H and O–H groups in total. The molecule has 5 heteroatoms. The smallest absolute Gasteiger partial charge is 0.164 e. The van der Waals surface area contributed by atoms with Gasteiger partial charge >= 0.3 is 0 Å². The Labute approximate surface area is 386 Å². The molecule has 1 aliphatic rings. The Morgan fingerprint density at radius 3 is 1.57 bits per heavy atom. The molecule has 3 aromatic heterocycles. The Morgan fingerprint density at radius 1 is 0.343 bits per heavy atom. The van der Waals surface area contributed by atoms with Crippen molar-refractivity contribution in [2.24, 2.45) is 0 Å². The van der Waals surface area contributed by atoms with Crippen molar-refractivity contribution in [2.45, 2.75) is 19.3 Å². The largest absolute Gasteiger partial charge is 0.309 e. The molecule has 0 radical (unpaired) electrons. The average molecular weight is 856 g/mol. The van der Waals surface area contributed by atoms with Crippen LogP contribution in [0.25, 0.3) is 122 Å². The monoisotopic (exact) mass is 855 g/mol. The van der Waals surface area contributed by atoms with E-state index >= 15 is 0 Å². The highest BCUT2D eigenvalue weighted by atomic mass is 15.0. The third kappa shape index (κ3) is 5.52. The van der Waals surface area contributed by atoms with Crippen LogP contribution in [-0.4, -0.2) is 24.1 Å². The molecule has 10 aromatic carbocycles. The molecule has 0 saturated carbocycles. The van der Waals surface area contributed by atoms with Gasteiger partial charge in [0.1, 0.15) is 0 Å². The third-order valence-electron chi connectivity index (χ3n) is 14.3. The quantitative estimate of drug-likeness (QED) is 0.173. The van der Waals surface area contributed by atoms with Crippen LogP contribution in [0.15, 0.2) is 212 Å². The molecule has 314 valence electrons. The number of fused-ring (bicyclic) bond motifs is 12. The summed E-state index contributed by atoms with van der Waals surface area (Å²) in [5, 5.41) is 9.70. The highest BCUT2D eigenvalue weighted by molar-refractivity contribution is 6.15. The minimum Gasteiger partial charge on any atom is -0.309 e. The number of para-hydroxylation sites is 2. The Kier molecular flexibility index (Phi) is 7.97. The van der Waals surface area contributed by atoms with Gasteiger partial charge in [-0.3, -0.25) is 0 Å². The number of aromatic nitrogens is 5. The molecule has 5 nitrogen and oxygen atoms in total. The predicted octanol–water partition coefficient (Wildman–Crippen LogP) is 15.7. The zero-order chi connectivity index (χ0) is 44.4. The van der Waals surface area contributed by atoms with E-state index in [1.165, 1.54) is 71.1 Å². The summed E-state index contributed by atoms with van der Waals surface area (Å²) in [7, 11) is 0. The van der Waals surface area contributed by atoms with Crippen molar-refractivity contribution in [1.82, 2.24) is 24.1 Å². The molecule has 0 fully saturated rings. The third-order valence-corrected chi connectivity index (χ3v) is 14.3. The molecule has 0 atom stereocenters. The predicted molar refractivity (Wildman–Crippen MR) is 277 cm³/mol. The first-order valence-corrected chi connectivity index (χ1v) is 23.0. The summed E-state index contributed by atoms with van der Waals surface area (Å²) in [6.07, 6.45) is 0. The van der Waals surface area contributed by atoms with E-state index in [1.54, 1.807) is 0 Å². The maximum absolute atomic E-state index is 5.18. The number of nitrogens with zero attached hydrogens (tertiary/aromatic N) is 5. The lowest BCUT2D eigenvalue weighted by Gasteiger charge is -2.23. The van der Waals surface area contributed by atoms with Gasteiger partial charge in [-0.05, 0) is 93.0 Å². The minimum absolute atomic E-state index is 0.229. The van der Waals surface area contributed by atoms with E-state index in [-0.39, 0.29) is 5.41 Å². The molecule has 0 bridgehead atoms. The molecule has 0 unspecified atom stereocenters. The van der Waals surface area contributed by atoms with Gasteiger partial charge in [0.2, 0.25) is 0 Å². The molecular weight excluding hydrogens is 815 g/mol. The van der Waals surface area contributed by atoms with E-state index in [4.69, 9.17) is 15.0 Å². The van der Waals surface area contributed by atoms with Crippen LogP contribution in [0.4, 0.5) is 0 Å². The standard InChI is InChI=1S/C62H41N5/c1-62(2)52-37-57-51(36-49(52)47-31-29-38-17-9-10-22-42(38)58(47)62)50-35-41(66-53-27-15-13-25-45(53)46-26-14-16-28-54(46)66)30-33-56(50)67(57)55-34-32-48(43-23-11-12-24-44(43)55)61-64-59(39-18-5-3-6-19-39)63-60(65-61)40-20-7-4-8-21-40/h3-37H,1-2H3. The lowest BCUT2D eigenvalue weighted by atomic mass is 9.80. The molecule has 0 amide bonds. The molecular formula is C62H41N5. The number of hydrogen-bond acceptors (Lipinski definition) is 3. The number of rotatable bonds is 5. The summed E-state index contributed by atoms with van der Waals surface area (Å²) in [6.45, 7) is 4.80. The average Bonchev–Trinajstić information content (AvgIpc) is 3.97. The first-order chi connectivity index (χ1) is 33.0. The Morgan fingerprint density at radius 2 is 0.881 bits per heavy atom. The van der Waals surface area contributed by atoms with Crippen molar-refractivity contribution < 1.29 is 0 Å². The summed E-state index contributed by atoms with van der Waals surface area (Å²) in [5.41, 5.74) is 14.9. The van der Waals surface area contributed by atoms with Crippen LogP contribution in [0.3, 0.4) is 0 Å². The van der Waals surface area contributed by atoms with Crippen LogP contribution in [0, 0.1) is 0 Å². The normalized spacial score (nSPS) is 13.0. The van der Waals surface area contributed by atoms with E-state index in [1.807, 2.05) is 36.4 Å². The fraction of sp³-hybridized carbons (Fsp3) is 0.0484. The zero-order valence-corrected chi connectivity index (χ0v) is 36.9. The first-order valence-electron chi connectivity index (χ1n) is 23.0. The molecule has 0 spiro atoms. The lowest BCUT2D eigenvalue weighted by Crippen LogP contribution is -2.15. The second-order valence-electron chi connectivity index (χ2n) is 18.4. The van der Waals surface area contributed by atoms with Gasteiger partial charge in [0, 0.05) is 54.7 Å². The second-order valence-corrected chi connectivity index (χ2v) is 18.4. The maximum Gasteiger partial charge on any atom is 0.164 e. The van der Waals surface area contributed by atoms with Crippen molar-refractivity contribution in [3.63, 3.8) is 0 Å². The van der Waals surface area contributed by atoms with E-state index in [0.29, 0.717) is 17.5 Å². The molecule has 0 aliphatic heterocycles. The molecule has 67 heavy (non-hydrogen) atoms. The molecule has 13 aromatic rings. The van der Waals surface area contributed by atoms with Crippen LogP contribution in [-0.2, 0) is 5.41 Å². The zero-order valence-electron chi connectivity index (χ0n) is 36.9. The highest BCUT2D eigenvalue weighted by Crippen LogP contribution is 2.53. The van der Waals surface area contributed by atoms with Gasteiger partial charge in [0.15, 0.2) is 17.5 Å². The van der Waals surface area contributed by atoms with Gasteiger partial charge < -0.3 is 9.13 Å². The maximum atomic E-state index is 5.18. The second kappa shape index (κ2) is 14.2. The fourth-order valence-corrected chi connectivity index (χ4v) is 11.3. The summed E-state index contributed by atoms with van der Waals surface area (Å²) >= 11 is 0. The summed E-state index contributed by atoms with van der Waals surface area (Å²) in [5.74, 6) is 1.92. The van der Waals surface area contributed by atoms with Crippen molar-refractivity contribution in [3.8, 4) is 56.7 Å². The van der Waals surface area contributed by atoms with Crippen LogP contribution in [0.2, 0.25) is 0 Å². The molecule has 14 rings (SSSR count). The van der Waals surface area contributed by atoms with Gasteiger partial charge in [-0.25, -0.2) is 15.0 Å².